The number of aromatic nitrogens is 1. The molecule has 0 saturated carbocycles. The Morgan fingerprint density at radius 1 is 1.03 bits per heavy atom. The van der Waals surface area contributed by atoms with Gasteiger partial charge in [0.05, 0.1) is 35.6 Å². The minimum absolute atomic E-state index is 0.114. The van der Waals surface area contributed by atoms with Crippen molar-refractivity contribution in [1.29, 1.82) is 0 Å². The van der Waals surface area contributed by atoms with Crippen molar-refractivity contribution in [3.63, 3.8) is 0 Å². The Morgan fingerprint density at radius 3 is 2.60 bits per heavy atom. The van der Waals surface area contributed by atoms with E-state index in [9.17, 15) is 13.2 Å². The van der Waals surface area contributed by atoms with Gasteiger partial charge in [0.25, 0.3) is 0 Å². The summed E-state index contributed by atoms with van der Waals surface area (Å²) in [5, 5.41) is 0. The lowest BCUT2D eigenvalue weighted by atomic mass is 10.00. The number of furan rings is 1. The molecule has 154 valence electrons. The van der Waals surface area contributed by atoms with Crippen LogP contribution in [-0.4, -0.2) is 30.2 Å². The molecule has 0 bridgehead atoms. The zero-order chi connectivity index (χ0) is 20.7. The summed E-state index contributed by atoms with van der Waals surface area (Å²) in [6.07, 6.45) is 4.85. The van der Waals surface area contributed by atoms with Gasteiger partial charge in [0.15, 0.2) is 0 Å². The van der Waals surface area contributed by atoms with E-state index in [1.807, 2.05) is 6.07 Å². The first-order valence-electron chi connectivity index (χ1n) is 9.91. The number of anilines is 1. The van der Waals surface area contributed by atoms with E-state index >= 15 is 0 Å². The Hall–Kier alpha value is -2.97. The van der Waals surface area contributed by atoms with Gasteiger partial charge in [-0.25, -0.2) is 8.42 Å². The Balaban J connectivity index is 1.54. The number of rotatable bonds is 6. The standard InChI is InChI=1S/C22H21N3O4S/c26-21-7-6-16-12-20(13-17-8-10-25(21)22(16)17)30(27,28)24(15-19-5-3-11-29-19)14-18-4-1-2-9-23-18/h1-5,9,11-13H,6-8,10,14-15H2. The van der Waals surface area contributed by atoms with Crippen LogP contribution < -0.4 is 4.90 Å². The quantitative estimate of drug-likeness (QED) is 0.609. The van der Waals surface area contributed by atoms with Crippen LogP contribution in [-0.2, 0) is 40.7 Å². The molecule has 1 amide bonds. The van der Waals surface area contributed by atoms with Gasteiger partial charge in [-0.3, -0.25) is 9.78 Å². The summed E-state index contributed by atoms with van der Waals surface area (Å²) < 4.78 is 34.1. The number of benzene rings is 1. The van der Waals surface area contributed by atoms with Gasteiger partial charge < -0.3 is 9.32 Å². The Labute approximate surface area is 175 Å². The SMILES string of the molecule is O=C1CCc2cc(S(=O)(=O)N(Cc3ccccn3)Cc3ccco3)cc3c2N1CC3. The van der Waals surface area contributed by atoms with E-state index in [0.717, 1.165) is 16.8 Å². The molecule has 0 unspecified atom stereocenters. The summed E-state index contributed by atoms with van der Waals surface area (Å²) in [5.41, 5.74) is 3.42. The number of hydrogen-bond acceptors (Lipinski definition) is 5. The van der Waals surface area contributed by atoms with Gasteiger partial charge in [0, 0.05) is 19.2 Å². The van der Waals surface area contributed by atoms with E-state index in [4.69, 9.17) is 4.42 Å². The van der Waals surface area contributed by atoms with Crippen molar-refractivity contribution in [1.82, 2.24) is 9.29 Å². The lowest BCUT2D eigenvalue weighted by molar-refractivity contribution is -0.118. The molecule has 7 nitrogen and oxygen atoms in total. The van der Waals surface area contributed by atoms with E-state index in [1.54, 1.807) is 47.5 Å². The van der Waals surface area contributed by atoms with Crippen LogP contribution in [0, 0.1) is 0 Å². The first-order valence-corrected chi connectivity index (χ1v) is 11.3. The summed E-state index contributed by atoms with van der Waals surface area (Å²) >= 11 is 0. The fourth-order valence-corrected chi connectivity index (χ4v) is 5.68. The molecule has 0 fully saturated rings. The maximum absolute atomic E-state index is 13.7. The predicted molar refractivity (Wildman–Crippen MR) is 110 cm³/mol. The lowest BCUT2D eigenvalue weighted by Crippen LogP contribution is -2.33. The van der Waals surface area contributed by atoms with Crippen LogP contribution in [0.3, 0.4) is 0 Å². The molecule has 2 aliphatic heterocycles. The number of sulfonamides is 1. The number of carbonyl (C=O) groups excluding carboxylic acids is 1. The largest absolute Gasteiger partial charge is 0.468 e. The molecule has 2 aliphatic rings. The number of carbonyl (C=O) groups is 1. The molecule has 30 heavy (non-hydrogen) atoms. The van der Waals surface area contributed by atoms with Crippen molar-refractivity contribution in [2.75, 3.05) is 11.4 Å². The molecular formula is C22H21N3O4S. The lowest BCUT2D eigenvalue weighted by Gasteiger charge is -2.27. The zero-order valence-electron chi connectivity index (χ0n) is 16.3. The second kappa shape index (κ2) is 7.37. The van der Waals surface area contributed by atoms with Gasteiger partial charge in [-0.1, -0.05) is 6.07 Å². The van der Waals surface area contributed by atoms with Gasteiger partial charge >= 0.3 is 0 Å². The number of nitrogens with zero attached hydrogens (tertiary/aromatic N) is 3. The number of pyridine rings is 1. The van der Waals surface area contributed by atoms with Gasteiger partial charge in [0.2, 0.25) is 15.9 Å². The van der Waals surface area contributed by atoms with Crippen molar-refractivity contribution in [2.45, 2.75) is 37.2 Å². The summed E-state index contributed by atoms with van der Waals surface area (Å²) in [4.78, 5) is 18.5. The van der Waals surface area contributed by atoms with Gasteiger partial charge in [0.1, 0.15) is 5.76 Å². The van der Waals surface area contributed by atoms with E-state index in [0.29, 0.717) is 37.3 Å². The minimum Gasteiger partial charge on any atom is -0.468 e. The molecule has 0 N–H and O–H groups in total. The second-order valence-electron chi connectivity index (χ2n) is 7.56. The fourth-order valence-electron chi connectivity index (χ4n) is 4.20. The minimum atomic E-state index is -3.81. The molecule has 1 aromatic carbocycles. The molecule has 0 spiro atoms. The van der Waals surface area contributed by atoms with Gasteiger partial charge in [-0.2, -0.15) is 4.31 Å². The van der Waals surface area contributed by atoms with Crippen LogP contribution in [0.5, 0.6) is 0 Å². The third-order valence-electron chi connectivity index (χ3n) is 5.64. The first kappa shape index (κ1) is 19.0. The molecule has 0 atom stereocenters. The number of aryl methyl sites for hydroxylation is 1. The van der Waals surface area contributed by atoms with Crippen LogP contribution >= 0.6 is 0 Å². The molecule has 0 aliphatic carbocycles. The average Bonchev–Trinajstić information content (AvgIpc) is 3.42. The highest BCUT2D eigenvalue weighted by atomic mass is 32.2. The van der Waals surface area contributed by atoms with E-state index in [1.165, 1.54) is 10.6 Å². The van der Waals surface area contributed by atoms with Crippen molar-refractivity contribution < 1.29 is 17.6 Å². The average molecular weight is 423 g/mol. The van der Waals surface area contributed by atoms with Crippen LogP contribution in [0.4, 0.5) is 5.69 Å². The monoisotopic (exact) mass is 423 g/mol. The van der Waals surface area contributed by atoms with Crippen LogP contribution in [0.15, 0.2) is 64.2 Å². The summed E-state index contributed by atoms with van der Waals surface area (Å²) in [6, 6.07) is 12.4. The van der Waals surface area contributed by atoms with E-state index < -0.39 is 10.0 Å². The molecular weight excluding hydrogens is 402 g/mol. The Bertz CT molecular complexity index is 1190. The molecule has 3 aromatic rings. The molecule has 0 saturated heterocycles. The molecule has 8 heteroatoms. The highest BCUT2D eigenvalue weighted by Gasteiger charge is 2.34. The van der Waals surface area contributed by atoms with E-state index in [2.05, 4.69) is 4.98 Å². The van der Waals surface area contributed by atoms with Gasteiger partial charge in [-0.15, -0.1) is 0 Å². The fraction of sp³-hybridized carbons (Fsp3) is 0.273. The Kier molecular flexibility index (Phi) is 4.67. The number of amides is 1. The van der Waals surface area contributed by atoms with Crippen molar-refractivity contribution in [3.8, 4) is 0 Å². The molecule has 2 aromatic heterocycles. The molecule has 0 radical (unpaired) electrons. The predicted octanol–water partition coefficient (Wildman–Crippen LogP) is 2.90. The Morgan fingerprint density at radius 2 is 1.87 bits per heavy atom. The number of hydrogen-bond donors (Lipinski definition) is 0. The smallest absolute Gasteiger partial charge is 0.243 e. The van der Waals surface area contributed by atoms with Crippen LogP contribution in [0.1, 0.15) is 29.0 Å². The van der Waals surface area contributed by atoms with E-state index in [-0.39, 0.29) is 23.9 Å². The van der Waals surface area contributed by atoms with Crippen molar-refractivity contribution in [2.24, 2.45) is 0 Å². The highest BCUT2D eigenvalue weighted by molar-refractivity contribution is 7.89. The highest BCUT2D eigenvalue weighted by Crippen LogP contribution is 2.39. The summed E-state index contributed by atoms with van der Waals surface area (Å²) in [5.74, 6) is 0.681. The topological polar surface area (TPSA) is 83.7 Å². The van der Waals surface area contributed by atoms with Crippen molar-refractivity contribution in [3.05, 3.63) is 77.5 Å². The maximum atomic E-state index is 13.7. The second-order valence-corrected chi connectivity index (χ2v) is 9.50. The third-order valence-corrected chi connectivity index (χ3v) is 7.41. The third kappa shape index (κ3) is 3.32. The van der Waals surface area contributed by atoms with Crippen LogP contribution in [0.25, 0.3) is 0 Å². The van der Waals surface area contributed by atoms with Gasteiger partial charge in [-0.05, 0) is 60.4 Å². The summed E-state index contributed by atoms with van der Waals surface area (Å²) in [7, 11) is -3.81. The first-order chi connectivity index (χ1) is 14.5. The maximum Gasteiger partial charge on any atom is 0.243 e. The zero-order valence-corrected chi connectivity index (χ0v) is 17.1. The molecule has 4 heterocycles. The normalized spacial score (nSPS) is 15.6. The van der Waals surface area contributed by atoms with Crippen LogP contribution in [0.2, 0.25) is 0 Å². The summed E-state index contributed by atoms with van der Waals surface area (Å²) in [6.45, 7) is 0.874. The van der Waals surface area contributed by atoms with Crippen molar-refractivity contribution >= 4 is 21.6 Å². The molecule has 5 rings (SSSR count).